The minimum Gasteiger partial charge on any atom is -0.303 e. The maximum Gasteiger partial charge on any atom is 0.123 e. The summed E-state index contributed by atoms with van der Waals surface area (Å²) in [5.74, 6) is 0. The van der Waals surface area contributed by atoms with Gasteiger partial charge in [0.1, 0.15) is 6.29 Å². The van der Waals surface area contributed by atoms with Crippen molar-refractivity contribution in [3.05, 3.63) is 39.9 Å². The molecule has 0 heterocycles. The molecule has 3 heteroatoms. The fraction of sp³-hybridized carbons (Fsp3) is 0.100. The molecule has 0 N–H and O–H groups in total. The van der Waals surface area contributed by atoms with E-state index in [9.17, 15) is 4.79 Å². The quantitative estimate of drug-likeness (QED) is 0.704. The average molecular weight is 215 g/mol. The first-order valence-electron chi connectivity index (χ1n) is 3.80. The maximum absolute atomic E-state index is 10.0. The second kappa shape index (κ2) is 5.05. The lowest BCUT2D eigenvalue weighted by Crippen LogP contribution is -1.77. The van der Waals surface area contributed by atoms with Crippen molar-refractivity contribution in [1.29, 1.82) is 0 Å². The fourth-order valence-corrected chi connectivity index (χ4v) is 1.43. The number of allylic oxidation sites excluding steroid dienone is 1. The molecule has 1 aromatic rings. The molecule has 0 saturated carbocycles. The van der Waals surface area contributed by atoms with Crippen molar-refractivity contribution in [3.8, 4) is 0 Å². The molecule has 0 spiro atoms. The minimum absolute atomic E-state index is 0.377. The van der Waals surface area contributed by atoms with E-state index in [2.05, 4.69) is 0 Å². The van der Waals surface area contributed by atoms with Crippen LogP contribution in [0.3, 0.4) is 0 Å². The number of aldehydes is 1. The number of carbonyl (C=O) groups excluding carboxylic acids is 1. The van der Waals surface area contributed by atoms with Crippen molar-refractivity contribution in [3.63, 3.8) is 0 Å². The summed E-state index contributed by atoms with van der Waals surface area (Å²) in [5.41, 5.74) is 0.757. The van der Waals surface area contributed by atoms with Crippen LogP contribution >= 0.6 is 23.2 Å². The highest BCUT2D eigenvalue weighted by atomic mass is 35.5. The molecule has 1 aromatic carbocycles. The zero-order chi connectivity index (χ0) is 9.68. The highest BCUT2D eigenvalue weighted by Gasteiger charge is 1.99. The van der Waals surface area contributed by atoms with E-state index in [4.69, 9.17) is 23.2 Å². The van der Waals surface area contributed by atoms with Gasteiger partial charge in [-0.3, -0.25) is 0 Å². The molecule has 0 amide bonds. The molecule has 0 atom stereocenters. The number of halogens is 2. The van der Waals surface area contributed by atoms with Crippen LogP contribution in [0.25, 0.3) is 6.08 Å². The van der Waals surface area contributed by atoms with Crippen LogP contribution in [0.5, 0.6) is 0 Å². The van der Waals surface area contributed by atoms with Crippen LogP contribution in [0.2, 0.25) is 10.0 Å². The first-order chi connectivity index (χ1) is 6.25. The Labute approximate surface area is 87.0 Å². The fourth-order valence-electron chi connectivity index (χ4n) is 0.911. The molecule has 0 aliphatic rings. The molecule has 0 aliphatic carbocycles. The number of hydrogen-bond acceptors (Lipinski definition) is 1. The van der Waals surface area contributed by atoms with E-state index in [1.807, 2.05) is 0 Å². The molecule has 0 unspecified atom stereocenters. The van der Waals surface area contributed by atoms with Gasteiger partial charge in [-0.2, -0.15) is 0 Å². The predicted molar refractivity (Wildman–Crippen MR) is 56.2 cm³/mol. The Balaban J connectivity index is 2.92. The highest BCUT2D eigenvalue weighted by Crippen LogP contribution is 2.25. The van der Waals surface area contributed by atoms with Crippen molar-refractivity contribution >= 4 is 35.6 Å². The van der Waals surface area contributed by atoms with Crippen molar-refractivity contribution < 1.29 is 4.79 Å². The molecule has 0 fully saturated rings. The molecule has 1 rings (SSSR count). The Bertz CT molecular complexity index is 311. The van der Waals surface area contributed by atoms with Gasteiger partial charge < -0.3 is 4.79 Å². The molecule has 0 bridgehead atoms. The molecule has 0 saturated heterocycles. The summed E-state index contributed by atoms with van der Waals surface area (Å²) in [4.78, 5) is 10.0. The molecular weight excluding hydrogens is 207 g/mol. The topological polar surface area (TPSA) is 17.1 Å². The Hall–Kier alpha value is -0.790. The summed E-state index contributed by atoms with van der Waals surface area (Å²) in [7, 11) is 0. The summed E-state index contributed by atoms with van der Waals surface area (Å²) >= 11 is 11.8. The normalized spacial score (nSPS) is 10.6. The molecular formula is C10H8Cl2O. The van der Waals surface area contributed by atoms with Gasteiger partial charge in [0.05, 0.1) is 0 Å². The highest BCUT2D eigenvalue weighted by molar-refractivity contribution is 6.37. The lowest BCUT2D eigenvalue weighted by molar-refractivity contribution is -0.107. The summed E-state index contributed by atoms with van der Waals surface area (Å²) in [6.07, 6.45) is 4.67. The number of hydrogen-bond donors (Lipinski definition) is 0. The minimum atomic E-state index is 0.377. The van der Waals surface area contributed by atoms with Gasteiger partial charge >= 0.3 is 0 Å². The summed E-state index contributed by atoms with van der Waals surface area (Å²) in [6, 6.07) is 5.30. The number of rotatable bonds is 3. The molecule has 0 aliphatic heterocycles. The molecule has 1 nitrogen and oxygen atoms in total. The monoisotopic (exact) mass is 214 g/mol. The summed E-state index contributed by atoms with van der Waals surface area (Å²) < 4.78 is 0. The Kier molecular flexibility index (Phi) is 4.00. The van der Waals surface area contributed by atoms with Gasteiger partial charge in [0, 0.05) is 22.0 Å². The van der Waals surface area contributed by atoms with E-state index >= 15 is 0 Å². The number of carbonyl (C=O) groups is 1. The lowest BCUT2D eigenvalue weighted by Gasteiger charge is -1.99. The SMILES string of the molecule is O=CCC=Cc1c(Cl)cccc1Cl. The van der Waals surface area contributed by atoms with Crippen LogP contribution in [0, 0.1) is 0 Å². The zero-order valence-electron chi connectivity index (χ0n) is 6.84. The zero-order valence-corrected chi connectivity index (χ0v) is 8.35. The third-order valence-electron chi connectivity index (χ3n) is 1.52. The van der Waals surface area contributed by atoms with Crippen LogP contribution in [-0.4, -0.2) is 6.29 Å². The Morgan fingerprint density at radius 2 is 1.85 bits per heavy atom. The largest absolute Gasteiger partial charge is 0.303 e. The second-order valence-corrected chi connectivity index (χ2v) is 3.25. The first-order valence-corrected chi connectivity index (χ1v) is 4.55. The maximum atomic E-state index is 10.0. The van der Waals surface area contributed by atoms with Crippen LogP contribution in [0.4, 0.5) is 0 Å². The third-order valence-corrected chi connectivity index (χ3v) is 2.18. The lowest BCUT2D eigenvalue weighted by atomic mass is 10.2. The van der Waals surface area contributed by atoms with E-state index in [0.717, 1.165) is 11.8 Å². The summed E-state index contributed by atoms with van der Waals surface area (Å²) in [6.45, 7) is 0. The van der Waals surface area contributed by atoms with Gasteiger partial charge in [-0.05, 0) is 12.1 Å². The van der Waals surface area contributed by atoms with Crippen LogP contribution in [0.15, 0.2) is 24.3 Å². The van der Waals surface area contributed by atoms with Gasteiger partial charge in [0.15, 0.2) is 0 Å². The van der Waals surface area contributed by atoms with E-state index in [-0.39, 0.29) is 0 Å². The average Bonchev–Trinajstić information content (AvgIpc) is 2.10. The van der Waals surface area contributed by atoms with E-state index in [1.165, 1.54) is 0 Å². The van der Waals surface area contributed by atoms with E-state index < -0.39 is 0 Å². The van der Waals surface area contributed by atoms with E-state index in [1.54, 1.807) is 30.4 Å². The summed E-state index contributed by atoms with van der Waals surface area (Å²) in [5, 5.41) is 1.18. The van der Waals surface area contributed by atoms with Crippen LogP contribution in [0.1, 0.15) is 12.0 Å². The molecule has 68 valence electrons. The van der Waals surface area contributed by atoms with Gasteiger partial charge in [-0.25, -0.2) is 0 Å². The van der Waals surface area contributed by atoms with Crippen LogP contribution in [-0.2, 0) is 4.79 Å². The Morgan fingerprint density at radius 3 is 2.38 bits per heavy atom. The van der Waals surface area contributed by atoms with Crippen molar-refractivity contribution in [2.24, 2.45) is 0 Å². The third kappa shape index (κ3) is 2.87. The smallest absolute Gasteiger partial charge is 0.123 e. The first kappa shape index (κ1) is 10.3. The van der Waals surface area contributed by atoms with Crippen molar-refractivity contribution in [2.75, 3.05) is 0 Å². The molecule has 13 heavy (non-hydrogen) atoms. The van der Waals surface area contributed by atoms with Crippen LogP contribution < -0.4 is 0 Å². The van der Waals surface area contributed by atoms with Gasteiger partial charge in [0.25, 0.3) is 0 Å². The van der Waals surface area contributed by atoms with Crippen molar-refractivity contribution in [2.45, 2.75) is 6.42 Å². The van der Waals surface area contributed by atoms with Gasteiger partial charge in [0.2, 0.25) is 0 Å². The van der Waals surface area contributed by atoms with Gasteiger partial charge in [-0.1, -0.05) is 41.4 Å². The van der Waals surface area contributed by atoms with Gasteiger partial charge in [-0.15, -0.1) is 0 Å². The molecule has 0 aromatic heterocycles. The number of benzene rings is 1. The predicted octanol–water partition coefficient (Wildman–Crippen LogP) is 3.60. The standard InChI is InChI=1S/C10H8Cl2O/c11-9-5-3-6-10(12)8(9)4-1-2-7-13/h1,3-7H,2H2. The Morgan fingerprint density at radius 1 is 1.23 bits per heavy atom. The van der Waals surface area contributed by atoms with Crippen molar-refractivity contribution in [1.82, 2.24) is 0 Å². The van der Waals surface area contributed by atoms with E-state index in [0.29, 0.717) is 16.5 Å². The second-order valence-electron chi connectivity index (χ2n) is 2.44. The molecule has 0 radical (unpaired) electrons.